The van der Waals surface area contributed by atoms with Crippen LogP contribution in [0.5, 0.6) is 0 Å². The van der Waals surface area contributed by atoms with E-state index in [-0.39, 0.29) is 25.7 Å². The second-order valence-electron chi connectivity index (χ2n) is 29.7. The van der Waals surface area contributed by atoms with Gasteiger partial charge in [0, 0.05) is 25.7 Å². The molecule has 17 nitrogen and oxygen atoms in total. The molecule has 0 radical (unpaired) electrons. The zero-order valence-corrected chi connectivity index (χ0v) is 64.8. The maximum atomic E-state index is 13.1. The standard InChI is InChI=1S/C77H150O17P2/c1-67(2)53-45-37-29-23-17-12-10-9-11-13-20-27-33-43-51-59-76(81)93-72(63-87-74(79)57-49-41-32-26-22-16-19-25-31-39-47-55-69(5)6)65-91-95(83,84)89-61-71(78)62-90-96(85,86)92-66-73(64-88-75(80)58-50-42-36-35-40-48-56-70(7)8)94-77(82)60-52-44-34-28-21-15-14-18-24-30-38-46-54-68(3)4/h67-73,78H,9-66H2,1-8H3,(H,83,84)(H,85,86)/t71-,72-,73-/m1/s1. The molecule has 0 aromatic heterocycles. The van der Waals surface area contributed by atoms with Gasteiger partial charge in [-0.25, -0.2) is 9.13 Å². The van der Waals surface area contributed by atoms with Crippen molar-refractivity contribution in [2.75, 3.05) is 39.6 Å². The number of ether oxygens (including phenoxy) is 4. The van der Waals surface area contributed by atoms with E-state index in [1.165, 1.54) is 186 Å². The van der Waals surface area contributed by atoms with Crippen molar-refractivity contribution in [2.45, 2.75) is 408 Å². The molecule has 0 saturated carbocycles. The summed E-state index contributed by atoms with van der Waals surface area (Å²) in [5.74, 6) is 0.909. The summed E-state index contributed by atoms with van der Waals surface area (Å²) in [6, 6.07) is 0. The average Bonchev–Trinajstić information content (AvgIpc) is 1.11. The van der Waals surface area contributed by atoms with E-state index >= 15 is 0 Å². The number of rotatable bonds is 74. The van der Waals surface area contributed by atoms with Crippen LogP contribution in [0.2, 0.25) is 0 Å². The molecule has 5 atom stereocenters. The Morgan fingerprint density at radius 3 is 0.646 bits per heavy atom. The Morgan fingerprint density at radius 2 is 0.438 bits per heavy atom. The molecular formula is C77H150O17P2. The number of phosphoric acid groups is 2. The van der Waals surface area contributed by atoms with Crippen molar-refractivity contribution in [1.82, 2.24) is 0 Å². The van der Waals surface area contributed by atoms with E-state index in [0.717, 1.165) is 114 Å². The van der Waals surface area contributed by atoms with Crippen molar-refractivity contribution in [3.63, 3.8) is 0 Å². The molecule has 3 N–H and O–H groups in total. The topological polar surface area (TPSA) is 237 Å². The number of aliphatic hydroxyl groups excluding tert-OH is 1. The highest BCUT2D eigenvalue weighted by atomic mass is 31.2. The van der Waals surface area contributed by atoms with E-state index in [1.54, 1.807) is 0 Å². The summed E-state index contributed by atoms with van der Waals surface area (Å²) in [5.41, 5.74) is 0. The van der Waals surface area contributed by atoms with E-state index in [2.05, 4.69) is 55.4 Å². The van der Waals surface area contributed by atoms with Gasteiger partial charge in [0.15, 0.2) is 12.2 Å². The van der Waals surface area contributed by atoms with Crippen LogP contribution in [0.3, 0.4) is 0 Å². The lowest BCUT2D eigenvalue weighted by molar-refractivity contribution is -0.161. The molecule has 0 spiro atoms. The van der Waals surface area contributed by atoms with Gasteiger partial charge in [0.05, 0.1) is 26.4 Å². The first-order valence-corrected chi connectivity index (χ1v) is 42.7. The largest absolute Gasteiger partial charge is 0.472 e. The van der Waals surface area contributed by atoms with Gasteiger partial charge < -0.3 is 33.8 Å². The normalized spacial score (nSPS) is 14.1. The fourth-order valence-electron chi connectivity index (χ4n) is 11.7. The Kier molecular flexibility index (Phi) is 65.0. The Labute approximate surface area is 588 Å². The number of hydrogen-bond donors (Lipinski definition) is 3. The van der Waals surface area contributed by atoms with E-state index in [9.17, 15) is 43.2 Å². The molecule has 19 heteroatoms. The van der Waals surface area contributed by atoms with Crippen LogP contribution in [-0.4, -0.2) is 96.7 Å². The lowest BCUT2D eigenvalue weighted by atomic mass is 10.0. The van der Waals surface area contributed by atoms with Gasteiger partial charge in [-0.3, -0.25) is 37.3 Å². The Morgan fingerprint density at radius 1 is 0.260 bits per heavy atom. The molecule has 0 rings (SSSR count). The van der Waals surface area contributed by atoms with Gasteiger partial charge in [0.25, 0.3) is 0 Å². The van der Waals surface area contributed by atoms with Crippen LogP contribution >= 0.6 is 15.6 Å². The molecule has 0 aliphatic carbocycles. The van der Waals surface area contributed by atoms with Gasteiger partial charge in [0.2, 0.25) is 0 Å². The molecule has 0 heterocycles. The van der Waals surface area contributed by atoms with Crippen LogP contribution in [0.25, 0.3) is 0 Å². The molecule has 0 amide bonds. The predicted octanol–water partition coefficient (Wildman–Crippen LogP) is 22.4. The van der Waals surface area contributed by atoms with Crippen LogP contribution in [0.1, 0.15) is 389 Å². The molecule has 0 fully saturated rings. The van der Waals surface area contributed by atoms with Crippen molar-refractivity contribution in [1.29, 1.82) is 0 Å². The van der Waals surface area contributed by atoms with Gasteiger partial charge >= 0.3 is 39.5 Å². The third-order valence-electron chi connectivity index (χ3n) is 17.8. The van der Waals surface area contributed by atoms with Gasteiger partial charge in [-0.05, 0) is 49.4 Å². The number of hydrogen-bond acceptors (Lipinski definition) is 15. The summed E-state index contributed by atoms with van der Waals surface area (Å²) in [6.45, 7) is 14.2. The summed E-state index contributed by atoms with van der Waals surface area (Å²) in [5, 5.41) is 10.6. The molecule has 0 aromatic rings. The van der Waals surface area contributed by atoms with E-state index in [1.807, 2.05) is 0 Å². The Bertz CT molecular complexity index is 1880. The van der Waals surface area contributed by atoms with Crippen molar-refractivity contribution in [2.24, 2.45) is 23.7 Å². The zero-order chi connectivity index (χ0) is 71.0. The minimum absolute atomic E-state index is 0.105. The van der Waals surface area contributed by atoms with E-state index < -0.39 is 97.5 Å². The molecule has 2 unspecified atom stereocenters. The van der Waals surface area contributed by atoms with Crippen molar-refractivity contribution in [3.8, 4) is 0 Å². The summed E-state index contributed by atoms with van der Waals surface area (Å²) in [7, 11) is -9.91. The van der Waals surface area contributed by atoms with Crippen LogP contribution in [-0.2, 0) is 65.4 Å². The first kappa shape index (κ1) is 94.1. The lowest BCUT2D eigenvalue weighted by Crippen LogP contribution is -2.30. The summed E-state index contributed by atoms with van der Waals surface area (Å²) >= 11 is 0. The number of esters is 4. The second kappa shape index (κ2) is 66.3. The number of phosphoric ester groups is 2. The van der Waals surface area contributed by atoms with Gasteiger partial charge in [0.1, 0.15) is 19.3 Å². The fourth-order valence-corrected chi connectivity index (χ4v) is 13.3. The smallest absolute Gasteiger partial charge is 0.462 e. The number of unbranched alkanes of at least 4 members (excludes halogenated alkanes) is 40. The molecule has 0 aliphatic heterocycles. The number of carbonyl (C=O) groups excluding carboxylic acids is 4. The molecule has 0 aromatic carbocycles. The van der Waals surface area contributed by atoms with Crippen molar-refractivity contribution in [3.05, 3.63) is 0 Å². The minimum atomic E-state index is -4.96. The quantitative estimate of drug-likeness (QED) is 0.0222. The molecule has 0 bridgehead atoms. The third kappa shape index (κ3) is 70.5. The lowest BCUT2D eigenvalue weighted by Gasteiger charge is -2.21. The maximum absolute atomic E-state index is 13.1. The Hall–Kier alpha value is -1.94. The van der Waals surface area contributed by atoms with Crippen LogP contribution < -0.4 is 0 Å². The second-order valence-corrected chi connectivity index (χ2v) is 32.6. The average molecular weight is 1410 g/mol. The Balaban J connectivity index is 5.24. The number of aliphatic hydroxyl groups is 1. The number of carbonyl (C=O) groups is 4. The van der Waals surface area contributed by atoms with Crippen LogP contribution in [0.4, 0.5) is 0 Å². The molecule has 570 valence electrons. The summed E-state index contributed by atoms with van der Waals surface area (Å²) < 4.78 is 68.5. The van der Waals surface area contributed by atoms with Gasteiger partial charge in [-0.2, -0.15) is 0 Å². The summed E-state index contributed by atoms with van der Waals surface area (Å²) in [4.78, 5) is 72.8. The predicted molar refractivity (Wildman–Crippen MR) is 391 cm³/mol. The first-order chi connectivity index (χ1) is 46.1. The highest BCUT2D eigenvalue weighted by Gasteiger charge is 2.30. The van der Waals surface area contributed by atoms with E-state index in [4.69, 9.17) is 37.0 Å². The highest BCUT2D eigenvalue weighted by molar-refractivity contribution is 7.47. The van der Waals surface area contributed by atoms with Gasteiger partial charge in [-0.15, -0.1) is 0 Å². The van der Waals surface area contributed by atoms with E-state index in [0.29, 0.717) is 31.6 Å². The first-order valence-electron chi connectivity index (χ1n) is 39.7. The van der Waals surface area contributed by atoms with Crippen LogP contribution in [0.15, 0.2) is 0 Å². The maximum Gasteiger partial charge on any atom is 0.472 e. The van der Waals surface area contributed by atoms with Crippen molar-refractivity contribution < 1.29 is 80.2 Å². The molecule has 0 aliphatic rings. The fraction of sp³-hybridized carbons (Fsp3) is 0.948. The van der Waals surface area contributed by atoms with Crippen molar-refractivity contribution >= 4 is 39.5 Å². The molecule has 96 heavy (non-hydrogen) atoms. The highest BCUT2D eigenvalue weighted by Crippen LogP contribution is 2.45. The summed E-state index contributed by atoms with van der Waals surface area (Å²) in [6.07, 6.45) is 51.5. The monoisotopic (exact) mass is 1410 g/mol. The molecular weight excluding hydrogens is 1260 g/mol. The van der Waals surface area contributed by atoms with Crippen LogP contribution in [0, 0.1) is 23.7 Å². The van der Waals surface area contributed by atoms with Gasteiger partial charge in [-0.1, -0.05) is 338 Å². The SMILES string of the molecule is CC(C)CCCCCCCCCCCCCCCCCC(=O)O[C@H](COC(=O)CCCCCCCCCCCCCC(C)C)COP(=O)(O)OC[C@@H](O)COP(=O)(O)OC[C@@H](COC(=O)CCCCCCCCC(C)C)OC(=O)CCCCCCCCCCCCCCC(C)C. The third-order valence-corrected chi connectivity index (χ3v) is 19.7. The minimum Gasteiger partial charge on any atom is -0.462 e. The zero-order valence-electron chi connectivity index (χ0n) is 63.0. The molecule has 0 saturated heterocycles.